The minimum atomic E-state index is -0.117. The molecular weight excluding hydrogens is 656 g/mol. The summed E-state index contributed by atoms with van der Waals surface area (Å²) in [5, 5.41) is 0. The molecule has 298 valence electrons. The summed E-state index contributed by atoms with van der Waals surface area (Å²) in [6.45, 7) is 15.1. The number of benzene rings is 1. The Balaban J connectivity index is 1.72. The van der Waals surface area contributed by atoms with Crippen molar-refractivity contribution in [3.05, 3.63) is 29.8 Å². The van der Waals surface area contributed by atoms with Crippen LogP contribution in [0, 0.1) is 5.92 Å². The molecule has 0 N–H and O–H groups in total. The van der Waals surface area contributed by atoms with Crippen molar-refractivity contribution in [1.82, 2.24) is 0 Å². The van der Waals surface area contributed by atoms with E-state index in [1.807, 2.05) is 19.1 Å². The van der Waals surface area contributed by atoms with Crippen LogP contribution in [0.15, 0.2) is 24.3 Å². The molecule has 1 aromatic rings. The highest BCUT2D eigenvalue weighted by Crippen LogP contribution is 2.16. The highest BCUT2D eigenvalue weighted by molar-refractivity contribution is 5.72. The lowest BCUT2D eigenvalue weighted by molar-refractivity contribution is -0.150. The molecule has 51 heavy (non-hydrogen) atoms. The van der Waals surface area contributed by atoms with Crippen molar-refractivity contribution in [3.8, 4) is 5.75 Å². The normalized spacial score (nSPS) is 12.0. The Morgan fingerprint density at radius 1 is 0.471 bits per heavy atom. The van der Waals surface area contributed by atoms with E-state index in [-0.39, 0.29) is 18.5 Å². The molecule has 1 unspecified atom stereocenters. The van der Waals surface area contributed by atoms with E-state index in [9.17, 15) is 4.79 Å². The molecule has 0 aromatic heterocycles. The zero-order valence-electron chi connectivity index (χ0n) is 32.4. The number of hydrogen-bond donors (Lipinski definition) is 0. The summed E-state index contributed by atoms with van der Waals surface area (Å²) in [4.78, 5) is 12.0. The summed E-state index contributed by atoms with van der Waals surface area (Å²) in [7, 11) is 0. The highest BCUT2D eigenvalue weighted by atomic mass is 16.6. The topological polar surface area (TPSA) is 109 Å². The van der Waals surface area contributed by atoms with E-state index in [2.05, 4.69) is 26.0 Å². The maximum atomic E-state index is 12.0. The first-order valence-corrected chi connectivity index (χ1v) is 19.7. The number of carbonyl (C=O) groups excluding carboxylic acids is 1. The Morgan fingerprint density at radius 3 is 1.29 bits per heavy atom. The molecule has 0 spiro atoms. The van der Waals surface area contributed by atoms with Crippen LogP contribution in [0.25, 0.3) is 0 Å². The minimum absolute atomic E-state index is 0.00174. The van der Waals surface area contributed by atoms with E-state index in [0.29, 0.717) is 112 Å². The van der Waals surface area contributed by atoms with Gasteiger partial charge in [-0.3, -0.25) is 4.79 Å². The Kier molecular flexibility index (Phi) is 35.1. The summed E-state index contributed by atoms with van der Waals surface area (Å²) < 4.78 is 55.2. The number of carbonyl (C=O) groups is 1. The molecule has 0 heterocycles. The molecule has 0 saturated heterocycles. The standard InChI is InChI=1S/C40H72O11/c1-4-7-9-10-11-12-13-37-15-17-39(18-16-37)50-35-33-48-31-29-46-27-25-44-23-21-42-19-20-43-22-24-45-26-28-47-30-32-49-34-36-51-40(41)38(6-3)14-8-5-2/h15-18,38H,4-14,19-36H2,1-3H3. The second kappa shape index (κ2) is 37.9. The molecule has 0 aliphatic carbocycles. The molecule has 1 rings (SSSR count). The predicted molar refractivity (Wildman–Crippen MR) is 200 cm³/mol. The number of esters is 1. The van der Waals surface area contributed by atoms with Crippen molar-refractivity contribution in [3.63, 3.8) is 0 Å². The van der Waals surface area contributed by atoms with E-state index in [0.717, 1.165) is 37.9 Å². The smallest absolute Gasteiger partial charge is 0.308 e. The summed E-state index contributed by atoms with van der Waals surface area (Å²) in [5.74, 6) is 0.765. The Labute approximate surface area is 309 Å². The van der Waals surface area contributed by atoms with Crippen LogP contribution in [0.4, 0.5) is 0 Å². The molecule has 0 aliphatic rings. The second-order valence-corrected chi connectivity index (χ2v) is 12.3. The minimum Gasteiger partial charge on any atom is -0.491 e. The average Bonchev–Trinajstić information content (AvgIpc) is 3.15. The molecule has 0 aliphatic heterocycles. The number of rotatable bonds is 40. The third-order valence-electron chi connectivity index (χ3n) is 8.05. The summed E-state index contributed by atoms with van der Waals surface area (Å²) in [6.07, 6.45) is 12.9. The van der Waals surface area contributed by atoms with Crippen LogP contribution in [0.2, 0.25) is 0 Å². The van der Waals surface area contributed by atoms with Crippen LogP contribution in [0.5, 0.6) is 5.75 Å². The van der Waals surface area contributed by atoms with Gasteiger partial charge in [0.15, 0.2) is 0 Å². The molecule has 11 heteroatoms. The summed E-state index contributed by atoms with van der Waals surface area (Å²) >= 11 is 0. The lowest BCUT2D eigenvalue weighted by Gasteiger charge is -2.13. The molecule has 0 radical (unpaired) electrons. The molecular formula is C40H72O11. The van der Waals surface area contributed by atoms with E-state index >= 15 is 0 Å². The van der Waals surface area contributed by atoms with Gasteiger partial charge in [0.25, 0.3) is 0 Å². The van der Waals surface area contributed by atoms with Gasteiger partial charge >= 0.3 is 5.97 Å². The first kappa shape index (κ1) is 47.2. The maximum absolute atomic E-state index is 12.0. The van der Waals surface area contributed by atoms with Gasteiger partial charge in [-0.1, -0.05) is 77.8 Å². The van der Waals surface area contributed by atoms with Gasteiger partial charge in [0, 0.05) is 0 Å². The first-order valence-electron chi connectivity index (χ1n) is 19.7. The van der Waals surface area contributed by atoms with Gasteiger partial charge < -0.3 is 47.4 Å². The van der Waals surface area contributed by atoms with Crippen molar-refractivity contribution >= 4 is 5.97 Å². The largest absolute Gasteiger partial charge is 0.491 e. The predicted octanol–water partition coefficient (Wildman–Crippen LogP) is 6.86. The molecule has 0 bridgehead atoms. The van der Waals surface area contributed by atoms with Crippen LogP contribution in [-0.4, -0.2) is 125 Å². The molecule has 0 fully saturated rings. The maximum Gasteiger partial charge on any atom is 0.308 e. The Hall–Kier alpha value is -1.83. The monoisotopic (exact) mass is 729 g/mol. The molecule has 1 aromatic carbocycles. The fraction of sp³-hybridized carbons (Fsp3) is 0.825. The van der Waals surface area contributed by atoms with Gasteiger partial charge in [-0.15, -0.1) is 0 Å². The van der Waals surface area contributed by atoms with Gasteiger partial charge in [-0.2, -0.15) is 0 Å². The van der Waals surface area contributed by atoms with Gasteiger partial charge in [0.05, 0.1) is 112 Å². The van der Waals surface area contributed by atoms with Crippen LogP contribution >= 0.6 is 0 Å². The molecule has 11 nitrogen and oxygen atoms in total. The zero-order valence-corrected chi connectivity index (χ0v) is 32.4. The van der Waals surface area contributed by atoms with Crippen molar-refractivity contribution in [2.45, 2.75) is 91.4 Å². The summed E-state index contributed by atoms with van der Waals surface area (Å²) in [6, 6.07) is 8.43. The first-order chi connectivity index (χ1) is 25.2. The number of hydrogen-bond acceptors (Lipinski definition) is 11. The lowest BCUT2D eigenvalue weighted by atomic mass is 10.00. The van der Waals surface area contributed by atoms with E-state index < -0.39 is 0 Å². The fourth-order valence-electron chi connectivity index (χ4n) is 4.98. The quantitative estimate of drug-likeness (QED) is 0.0522. The Bertz CT molecular complexity index is 855. The van der Waals surface area contributed by atoms with Crippen molar-refractivity contribution in [1.29, 1.82) is 0 Å². The third-order valence-corrected chi connectivity index (χ3v) is 8.05. The van der Waals surface area contributed by atoms with Crippen LogP contribution in [0.1, 0.15) is 90.5 Å². The van der Waals surface area contributed by atoms with E-state index in [4.69, 9.17) is 47.4 Å². The van der Waals surface area contributed by atoms with Crippen molar-refractivity contribution in [2.75, 3.05) is 119 Å². The third kappa shape index (κ3) is 31.4. The van der Waals surface area contributed by atoms with Crippen molar-refractivity contribution in [2.24, 2.45) is 5.92 Å². The fourth-order valence-corrected chi connectivity index (χ4v) is 4.98. The number of ether oxygens (including phenoxy) is 10. The van der Waals surface area contributed by atoms with Crippen molar-refractivity contribution < 1.29 is 52.2 Å². The average molecular weight is 729 g/mol. The molecule has 0 amide bonds. The van der Waals surface area contributed by atoms with E-state index in [1.165, 1.54) is 44.1 Å². The van der Waals surface area contributed by atoms with Gasteiger partial charge in [-0.25, -0.2) is 0 Å². The van der Waals surface area contributed by atoms with Crippen LogP contribution < -0.4 is 4.74 Å². The zero-order chi connectivity index (χ0) is 36.7. The number of unbranched alkanes of at least 4 members (excludes halogenated alkanes) is 6. The lowest BCUT2D eigenvalue weighted by Crippen LogP contribution is -2.20. The van der Waals surface area contributed by atoms with Gasteiger partial charge in [-0.05, 0) is 43.4 Å². The van der Waals surface area contributed by atoms with Gasteiger partial charge in [0.2, 0.25) is 0 Å². The Morgan fingerprint density at radius 2 is 0.863 bits per heavy atom. The van der Waals surface area contributed by atoms with Gasteiger partial charge in [0.1, 0.15) is 19.0 Å². The summed E-state index contributed by atoms with van der Waals surface area (Å²) in [5.41, 5.74) is 1.38. The highest BCUT2D eigenvalue weighted by Gasteiger charge is 2.17. The van der Waals surface area contributed by atoms with E-state index in [1.54, 1.807) is 0 Å². The molecule has 1 atom stereocenters. The number of aryl methyl sites for hydroxylation is 1. The molecule has 0 saturated carbocycles. The van der Waals surface area contributed by atoms with Crippen LogP contribution in [-0.2, 0) is 53.8 Å². The van der Waals surface area contributed by atoms with Crippen LogP contribution in [0.3, 0.4) is 0 Å². The second-order valence-electron chi connectivity index (χ2n) is 12.3. The SMILES string of the molecule is CCCCCCCCc1ccc(OCCOCCOCCOCCOCCOCCOCCOCCOCCOC(=O)C(CC)CCCC)cc1.